The minimum atomic E-state index is 0.343. The molecule has 46 heavy (non-hydrogen) atoms. The Labute approximate surface area is 266 Å². The lowest BCUT2D eigenvalue weighted by atomic mass is 9.94. The van der Waals surface area contributed by atoms with Crippen molar-refractivity contribution < 1.29 is 0 Å². The Bertz CT molecular complexity index is 2390. The largest absolute Gasteiger partial charge is 0.307 e. The first-order chi connectivity index (χ1) is 22.4. The molecule has 0 N–H and O–H groups in total. The summed E-state index contributed by atoms with van der Waals surface area (Å²) < 4.78 is 4.52. The van der Waals surface area contributed by atoms with Gasteiger partial charge in [-0.25, -0.2) is 0 Å². The quantitative estimate of drug-likeness (QED) is 0.205. The van der Waals surface area contributed by atoms with Crippen LogP contribution in [0.1, 0.15) is 33.4 Å². The molecule has 0 aliphatic carbocycles. The van der Waals surface area contributed by atoms with Gasteiger partial charge >= 0.3 is 0 Å². The van der Waals surface area contributed by atoms with Gasteiger partial charge in [-0.05, 0) is 82.3 Å². The van der Waals surface area contributed by atoms with Crippen molar-refractivity contribution in [3.05, 3.63) is 137 Å². The Hall–Kier alpha value is -6.17. The molecule has 0 atom stereocenters. The molecule has 0 spiro atoms. The Morgan fingerprint density at radius 2 is 0.935 bits per heavy atom. The van der Waals surface area contributed by atoms with E-state index in [9.17, 15) is 10.5 Å². The monoisotopic (exact) mass is 591 g/mol. The van der Waals surface area contributed by atoms with Crippen LogP contribution in [0.15, 0.2) is 103 Å². The molecule has 5 aromatic carbocycles. The fraction of sp³-hybridized carbons (Fsp3) is 0.0976. The average Bonchev–Trinajstić information content (AvgIpc) is 3.54. The van der Waals surface area contributed by atoms with E-state index in [-0.39, 0.29) is 0 Å². The van der Waals surface area contributed by atoms with E-state index in [0.717, 1.165) is 60.5 Å². The van der Waals surface area contributed by atoms with Crippen LogP contribution in [0, 0.1) is 50.4 Å². The zero-order chi connectivity index (χ0) is 31.7. The maximum atomic E-state index is 10.5. The molecule has 0 amide bonds. The lowest BCUT2D eigenvalue weighted by molar-refractivity contribution is 1.09. The molecular weight excluding hydrogens is 562 g/mol. The second kappa shape index (κ2) is 10.2. The van der Waals surface area contributed by atoms with Gasteiger partial charge in [0.1, 0.15) is 12.1 Å². The Kier molecular flexibility index (Phi) is 6.07. The maximum absolute atomic E-state index is 10.5. The third kappa shape index (κ3) is 3.96. The zero-order valence-corrected chi connectivity index (χ0v) is 26.1. The van der Waals surface area contributed by atoms with Gasteiger partial charge < -0.3 is 9.13 Å². The van der Waals surface area contributed by atoms with Crippen LogP contribution in [0.5, 0.6) is 0 Å². The minimum absolute atomic E-state index is 0.343. The van der Waals surface area contributed by atoms with Crippen LogP contribution in [0.4, 0.5) is 0 Å². The standard InChI is InChI=1S/C41H29N5/c1-24-8-12-35-30(16-24)31-17-25(2)9-13-36(31)45(35)39-22-44-23-40(41(39)29-7-5-6-28(20-42)34(29)21-43)46-37-14-10-26(3)18-32(37)33-19-27(4)11-15-38(33)46/h5-19,22-23H,1-4H3. The van der Waals surface area contributed by atoms with E-state index in [1.165, 1.54) is 22.3 Å². The molecule has 0 unspecified atom stereocenters. The number of hydrogen-bond acceptors (Lipinski definition) is 3. The van der Waals surface area contributed by atoms with Crippen molar-refractivity contribution in [2.24, 2.45) is 0 Å². The fourth-order valence-electron chi connectivity index (χ4n) is 7.05. The number of aryl methyl sites for hydroxylation is 4. The van der Waals surface area contributed by atoms with Crippen LogP contribution in [-0.4, -0.2) is 14.1 Å². The molecule has 5 heteroatoms. The van der Waals surface area contributed by atoms with Crippen LogP contribution in [0.25, 0.3) is 66.1 Å². The van der Waals surface area contributed by atoms with E-state index in [0.29, 0.717) is 16.7 Å². The highest BCUT2D eigenvalue weighted by Gasteiger charge is 2.24. The number of aromatic nitrogens is 3. The molecule has 0 aliphatic rings. The van der Waals surface area contributed by atoms with Gasteiger partial charge in [0.15, 0.2) is 0 Å². The summed E-state index contributed by atoms with van der Waals surface area (Å²) in [6, 6.07) is 36.3. The first-order valence-corrected chi connectivity index (χ1v) is 15.3. The van der Waals surface area contributed by atoms with Gasteiger partial charge in [-0.3, -0.25) is 4.98 Å². The van der Waals surface area contributed by atoms with Crippen molar-refractivity contribution in [1.82, 2.24) is 14.1 Å². The highest BCUT2D eigenvalue weighted by molar-refractivity contribution is 6.12. The summed E-state index contributed by atoms with van der Waals surface area (Å²) in [5, 5.41) is 25.2. The fourth-order valence-corrected chi connectivity index (χ4v) is 7.05. The van der Waals surface area contributed by atoms with Crippen molar-refractivity contribution in [2.75, 3.05) is 0 Å². The number of hydrogen-bond donors (Lipinski definition) is 0. The van der Waals surface area contributed by atoms with E-state index >= 15 is 0 Å². The smallest absolute Gasteiger partial charge is 0.101 e. The van der Waals surface area contributed by atoms with E-state index in [1.807, 2.05) is 24.5 Å². The Morgan fingerprint density at radius 3 is 1.30 bits per heavy atom. The molecule has 5 nitrogen and oxygen atoms in total. The minimum Gasteiger partial charge on any atom is -0.307 e. The molecule has 218 valence electrons. The first kappa shape index (κ1) is 27.4. The molecule has 0 radical (unpaired) electrons. The Morgan fingerprint density at radius 1 is 0.522 bits per heavy atom. The second-order valence-corrected chi connectivity index (χ2v) is 12.3. The molecule has 0 bridgehead atoms. The van der Waals surface area contributed by atoms with Gasteiger partial charge in [-0.1, -0.05) is 58.7 Å². The van der Waals surface area contributed by atoms with Crippen LogP contribution < -0.4 is 0 Å². The van der Waals surface area contributed by atoms with Crippen molar-refractivity contribution >= 4 is 43.6 Å². The summed E-state index contributed by atoms with van der Waals surface area (Å²) in [7, 11) is 0. The van der Waals surface area contributed by atoms with Crippen molar-refractivity contribution in [3.8, 4) is 34.6 Å². The number of nitriles is 2. The van der Waals surface area contributed by atoms with Crippen molar-refractivity contribution in [2.45, 2.75) is 27.7 Å². The van der Waals surface area contributed by atoms with E-state index in [2.05, 4.69) is 122 Å². The molecular formula is C41H29N5. The molecule has 8 aromatic rings. The number of nitrogens with zero attached hydrogens (tertiary/aromatic N) is 5. The lowest BCUT2D eigenvalue weighted by Crippen LogP contribution is -2.06. The van der Waals surface area contributed by atoms with Crippen molar-refractivity contribution in [3.63, 3.8) is 0 Å². The highest BCUT2D eigenvalue weighted by Crippen LogP contribution is 2.43. The summed E-state index contributed by atoms with van der Waals surface area (Å²) in [4.78, 5) is 4.89. The first-order valence-electron chi connectivity index (χ1n) is 15.3. The topological polar surface area (TPSA) is 70.3 Å². The van der Waals surface area contributed by atoms with Gasteiger partial charge in [0, 0.05) is 32.7 Å². The van der Waals surface area contributed by atoms with Gasteiger partial charge in [0.2, 0.25) is 0 Å². The third-order valence-electron chi connectivity index (χ3n) is 9.11. The van der Waals surface area contributed by atoms with Crippen LogP contribution in [0.2, 0.25) is 0 Å². The number of benzene rings is 5. The van der Waals surface area contributed by atoms with Gasteiger partial charge in [0.25, 0.3) is 0 Å². The van der Waals surface area contributed by atoms with Crippen molar-refractivity contribution in [1.29, 1.82) is 10.5 Å². The van der Waals surface area contributed by atoms with E-state index in [4.69, 9.17) is 4.98 Å². The zero-order valence-electron chi connectivity index (χ0n) is 26.1. The summed E-state index contributed by atoms with van der Waals surface area (Å²) in [6.45, 7) is 8.46. The van der Waals surface area contributed by atoms with Gasteiger partial charge in [0.05, 0.1) is 57.0 Å². The van der Waals surface area contributed by atoms with E-state index < -0.39 is 0 Å². The molecule has 0 saturated carbocycles. The summed E-state index contributed by atoms with van der Waals surface area (Å²) in [5.41, 5.74) is 12.8. The molecule has 0 saturated heterocycles. The summed E-state index contributed by atoms with van der Waals surface area (Å²) in [5.74, 6) is 0. The predicted octanol–water partition coefficient (Wildman–Crippen LogP) is 9.92. The normalized spacial score (nSPS) is 11.4. The Balaban J connectivity index is 1.60. The molecule has 3 aromatic heterocycles. The molecule has 0 fully saturated rings. The molecule has 8 rings (SSSR count). The highest BCUT2D eigenvalue weighted by atomic mass is 15.0. The molecule has 3 heterocycles. The van der Waals surface area contributed by atoms with Gasteiger partial charge in [-0.2, -0.15) is 10.5 Å². The predicted molar refractivity (Wildman–Crippen MR) is 187 cm³/mol. The second-order valence-electron chi connectivity index (χ2n) is 12.3. The maximum Gasteiger partial charge on any atom is 0.101 e. The van der Waals surface area contributed by atoms with Crippen LogP contribution in [0.3, 0.4) is 0 Å². The number of fused-ring (bicyclic) bond motifs is 6. The lowest BCUT2D eigenvalue weighted by Gasteiger charge is -2.20. The summed E-state index contributed by atoms with van der Waals surface area (Å²) in [6.07, 6.45) is 3.78. The van der Waals surface area contributed by atoms with E-state index in [1.54, 1.807) is 6.07 Å². The number of rotatable bonds is 3. The average molecular weight is 592 g/mol. The van der Waals surface area contributed by atoms with Crippen LogP contribution in [-0.2, 0) is 0 Å². The molecule has 0 aliphatic heterocycles. The SMILES string of the molecule is Cc1ccc2c(c1)c1cc(C)ccc1n2-c1cncc(-n2c3ccc(C)cc3c3cc(C)ccc32)c1-c1cccc(C#N)c1C#N. The third-order valence-corrected chi connectivity index (χ3v) is 9.11. The number of pyridine rings is 1. The van der Waals surface area contributed by atoms with Crippen LogP contribution >= 0.6 is 0 Å². The van der Waals surface area contributed by atoms with Gasteiger partial charge in [-0.15, -0.1) is 0 Å². The summed E-state index contributed by atoms with van der Waals surface area (Å²) >= 11 is 0.